The van der Waals surface area contributed by atoms with Crippen LogP contribution in [0.25, 0.3) is 5.69 Å². The summed E-state index contributed by atoms with van der Waals surface area (Å²) < 4.78 is 1.68. The van der Waals surface area contributed by atoms with E-state index in [-0.39, 0.29) is 0 Å². The van der Waals surface area contributed by atoms with Crippen molar-refractivity contribution in [1.82, 2.24) is 25.2 Å². The molecule has 2 heterocycles. The number of nitrogens with one attached hydrogen (secondary N) is 1. The molecule has 0 unspecified atom stereocenters. The van der Waals surface area contributed by atoms with Crippen LogP contribution in [0.1, 0.15) is 0 Å². The molecule has 21 heavy (non-hydrogen) atoms. The van der Waals surface area contributed by atoms with Gasteiger partial charge in [-0.05, 0) is 24.3 Å². The number of nitrogens with zero attached hydrogens (tertiary/aromatic N) is 4. The van der Waals surface area contributed by atoms with Gasteiger partial charge < -0.3 is 15.3 Å². The van der Waals surface area contributed by atoms with Crippen molar-refractivity contribution in [3.63, 3.8) is 0 Å². The van der Waals surface area contributed by atoms with Crippen molar-refractivity contribution in [2.75, 3.05) is 26.2 Å². The van der Waals surface area contributed by atoms with E-state index in [0.29, 0.717) is 13.1 Å². The third-order valence-corrected chi connectivity index (χ3v) is 3.15. The van der Waals surface area contributed by atoms with E-state index >= 15 is 0 Å². The highest BCUT2D eigenvalue weighted by molar-refractivity contribution is 6.30. The Morgan fingerprint density at radius 3 is 2.38 bits per heavy atom. The first-order chi connectivity index (χ1) is 10.2. The highest BCUT2D eigenvalue weighted by Gasteiger charge is 2.13. The van der Waals surface area contributed by atoms with Gasteiger partial charge in [0.1, 0.15) is 0 Å². The third kappa shape index (κ3) is 4.73. The average molecular weight is 310 g/mol. The van der Waals surface area contributed by atoms with E-state index < -0.39 is 6.09 Å². The average Bonchev–Trinajstić information content (AvgIpc) is 3.04. The van der Waals surface area contributed by atoms with Gasteiger partial charge in [0.15, 0.2) is 0 Å². The molecule has 0 radical (unpaired) electrons. The summed E-state index contributed by atoms with van der Waals surface area (Å²) in [5.74, 6) is 0. The van der Waals surface area contributed by atoms with Gasteiger partial charge in [0, 0.05) is 31.2 Å². The Balaban J connectivity index is 0.000000161. The Kier molecular flexibility index (Phi) is 5.53. The van der Waals surface area contributed by atoms with Gasteiger partial charge in [-0.1, -0.05) is 16.8 Å². The lowest BCUT2D eigenvalue weighted by Gasteiger charge is -2.23. The molecular formula is C13H16ClN5O2. The van der Waals surface area contributed by atoms with Gasteiger partial charge in [0.25, 0.3) is 0 Å². The summed E-state index contributed by atoms with van der Waals surface area (Å²) in [5.41, 5.74) is 0.955. The molecule has 0 spiro atoms. The summed E-state index contributed by atoms with van der Waals surface area (Å²) in [5, 5.41) is 19.8. The van der Waals surface area contributed by atoms with Crippen molar-refractivity contribution in [2.24, 2.45) is 0 Å². The lowest BCUT2D eigenvalue weighted by atomic mass is 10.3. The number of piperazine rings is 1. The van der Waals surface area contributed by atoms with E-state index in [1.54, 1.807) is 17.1 Å². The standard InChI is InChI=1S/C8H6ClN3.C5H10N2O2/c9-7-1-3-8(4-2-7)12-6-5-10-11-12;8-5(9)7-3-1-6-2-4-7/h1-6H;6H,1-4H2,(H,8,9). The number of carboxylic acid groups (broad SMARTS) is 1. The number of benzene rings is 1. The minimum atomic E-state index is -0.809. The molecule has 112 valence electrons. The fourth-order valence-electron chi connectivity index (χ4n) is 1.80. The molecule has 1 aliphatic rings. The first-order valence-corrected chi connectivity index (χ1v) is 6.85. The van der Waals surface area contributed by atoms with E-state index in [0.717, 1.165) is 23.8 Å². The fourth-order valence-corrected chi connectivity index (χ4v) is 1.92. The zero-order chi connectivity index (χ0) is 15.1. The minimum Gasteiger partial charge on any atom is -0.465 e. The van der Waals surface area contributed by atoms with E-state index in [9.17, 15) is 4.79 Å². The molecule has 0 saturated carbocycles. The van der Waals surface area contributed by atoms with Gasteiger partial charge >= 0.3 is 6.09 Å². The summed E-state index contributed by atoms with van der Waals surface area (Å²) >= 11 is 5.73. The van der Waals surface area contributed by atoms with Crippen molar-refractivity contribution in [2.45, 2.75) is 0 Å². The fraction of sp³-hybridized carbons (Fsp3) is 0.308. The topological polar surface area (TPSA) is 83.3 Å². The minimum absolute atomic E-state index is 0.620. The van der Waals surface area contributed by atoms with E-state index in [1.165, 1.54) is 4.90 Å². The zero-order valence-corrected chi connectivity index (χ0v) is 12.1. The number of amides is 1. The normalized spacial score (nSPS) is 14.2. The molecule has 1 amide bonds. The largest absolute Gasteiger partial charge is 0.465 e. The summed E-state index contributed by atoms with van der Waals surface area (Å²) in [7, 11) is 0. The smallest absolute Gasteiger partial charge is 0.407 e. The Hall–Kier alpha value is -2.12. The number of aromatic nitrogens is 3. The summed E-state index contributed by atoms with van der Waals surface area (Å²) in [6, 6.07) is 7.41. The van der Waals surface area contributed by atoms with Crippen LogP contribution in [0.5, 0.6) is 0 Å². The Bertz CT molecular complexity index is 552. The van der Waals surface area contributed by atoms with Gasteiger partial charge in [-0.25, -0.2) is 9.48 Å². The molecule has 3 rings (SSSR count). The second-order valence-corrected chi connectivity index (χ2v) is 4.78. The van der Waals surface area contributed by atoms with Crippen LogP contribution in [0, 0.1) is 0 Å². The Labute approximate surface area is 127 Å². The number of hydrogen-bond donors (Lipinski definition) is 2. The van der Waals surface area contributed by atoms with E-state index in [4.69, 9.17) is 16.7 Å². The van der Waals surface area contributed by atoms with Crippen LogP contribution < -0.4 is 5.32 Å². The highest BCUT2D eigenvalue weighted by atomic mass is 35.5. The van der Waals surface area contributed by atoms with Crippen LogP contribution in [0.4, 0.5) is 4.79 Å². The molecule has 0 aliphatic carbocycles. The van der Waals surface area contributed by atoms with Gasteiger partial charge in [0.05, 0.1) is 18.1 Å². The second-order valence-electron chi connectivity index (χ2n) is 4.34. The molecule has 2 aromatic rings. The molecule has 2 N–H and O–H groups in total. The first-order valence-electron chi connectivity index (χ1n) is 6.47. The van der Waals surface area contributed by atoms with Crippen molar-refractivity contribution >= 4 is 17.7 Å². The molecule has 8 heteroatoms. The maximum absolute atomic E-state index is 10.3. The predicted octanol–water partition coefficient (Wildman–Crippen LogP) is 1.49. The highest BCUT2D eigenvalue weighted by Crippen LogP contribution is 2.11. The molecule has 1 aliphatic heterocycles. The third-order valence-electron chi connectivity index (χ3n) is 2.90. The molecular weight excluding hydrogens is 294 g/mol. The van der Waals surface area contributed by atoms with Crippen LogP contribution in [-0.4, -0.2) is 57.3 Å². The quantitative estimate of drug-likeness (QED) is 0.834. The summed E-state index contributed by atoms with van der Waals surface area (Å²) in [6.07, 6.45) is 2.61. The lowest BCUT2D eigenvalue weighted by Crippen LogP contribution is -2.45. The predicted molar refractivity (Wildman–Crippen MR) is 78.8 cm³/mol. The van der Waals surface area contributed by atoms with Crippen LogP contribution in [-0.2, 0) is 0 Å². The molecule has 1 fully saturated rings. The van der Waals surface area contributed by atoms with Crippen molar-refractivity contribution in [1.29, 1.82) is 0 Å². The molecule has 1 saturated heterocycles. The zero-order valence-electron chi connectivity index (χ0n) is 11.3. The van der Waals surface area contributed by atoms with Crippen molar-refractivity contribution in [3.05, 3.63) is 41.7 Å². The van der Waals surface area contributed by atoms with Gasteiger partial charge in [-0.15, -0.1) is 5.10 Å². The van der Waals surface area contributed by atoms with E-state index in [1.807, 2.05) is 24.3 Å². The molecule has 1 aromatic carbocycles. The number of rotatable bonds is 1. The maximum Gasteiger partial charge on any atom is 0.407 e. The van der Waals surface area contributed by atoms with Crippen molar-refractivity contribution in [3.8, 4) is 5.69 Å². The van der Waals surface area contributed by atoms with Crippen LogP contribution >= 0.6 is 11.6 Å². The second kappa shape index (κ2) is 7.61. The van der Waals surface area contributed by atoms with Gasteiger partial charge in [-0.2, -0.15) is 0 Å². The molecule has 7 nitrogen and oxygen atoms in total. The maximum atomic E-state index is 10.3. The van der Waals surface area contributed by atoms with Gasteiger partial charge in [-0.3, -0.25) is 0 Å². The van der Waals surface area contributed by atoms with Crippen molar-refractivity contribution < 1.29 is 9.90 Å². The van der Waals surface area contributed by atoms with Gasteiger partial charge in [0.2, 0.25) is 0 Å². The summed E-state index contributed by atoms with van der Waals surface area (Å²) in [4.78, 5) is 11.7. The molecule has 0 atom stereocenters. The van der Waals surface area contributed by atoms with Crippen LogP contribution in [0.3, 0.4) is 0 Å². The lowest BCUT2D eigenvalue weighted by molar-refractivity contribution is 0.139. The first kappa shape index (κ1) is 15.3. The number of carbonyl (C=O) groups is 1. The molecule has 1 aromatic heterocycles. The Morgan fingerprint density at radius 1 is 1.24 bits per heavy atom. The Morgan fingerprint density at radius 2 is 1.90 bits per heavy atom. The number of hydrogen-bond acceptors (Lipinski definition) is 4. The molecule has 0 bridgehead atoms. The SMILES string of the molecule is Clc1ccc(-n2ccnn2)cc1.O=C(O)N1CCNCC1. The van der Waals surface area contributed by atoms with Crippen LogP contribution in [0.15, 0.2) is 36.7 Å². The van der Waals surface area contributed by atoms with E-state index in [2.05, 4.69) is 15.6 Å². The number of halogens is 1. The summed E-state index contributed by atoms with van der Waals surface area (Å²) in [6.45, 7) is 2.81. The van der Waals surface area contributed by atoms with Crippen LogP contribution in [0.2, 0.25) is 5.02 Å². The monoisotopic (exact) mass is 309 g/mol.